The number of piperazine rings is 4. The van der Waals surface area contributed by atoms with Crippen LogP contribution in [0.4, 0.5) is 0 Å². The lowest BCUT2D eigenvalue weighted by Gasteiger charge is -2.40. The maximum Gasteiger partial charge on any atom is 0.0634 e. The summed E-state index contributed by atoms with van der Waals surface area (Å²) >= 11 is 0. The van der Waals surface area contributed by atoms with Crippen molar-refractivity contribution in [3.8, 4) is 0 Å². The number of rotatable bonds is 23. The van der Waals surface area contributed by atoms with Gasteiger partial charge in [0.25, 0.3) is 0 Å². The quantitative estimate of drug-likeness (QED) is 0.148. The van der Waals surface area contributed by atoms with E-state index in [1.165, 1.54) is 124 Å². The van der Waals surface area contributed by atoms with E-state index < -0.39 is 0 Å². The van der Waals surface area contributed by atoms with E-state index in [-0.39, 0.29) is 0 Å². The van der Waals surface area contributed by atoms with Gasteiger partial charge in [0.1, 0.15) is 0 Å². The van der Waals surface area contributed by atoms with Gasteiger partial charge in [-0.2, -0.15) is 0 Å². The normalized spacial score (nSPS) is 24.4. The molecule has 0 aromatic rings. The molecular weight excluding hydrogens is 592 g/mol. The van der Waals surface area contributed by atoms with Gasteiger partial charge in [-0.1, -0.05) is 12.8 Å². The molecule has 1 atom stereocenters. The molecule has 276 valence electrons. The average Bonchev–Trinajstić information content (AvgIpc) is 3.09. The van der Waals surface area contributed by atoms with Crippen LogP contribution in [-0.2, 0) is 14.2 Å². The van der Waals surface area contributed by atoms with E-state index in [9.17, 15) is 0 Å². The number of unbranched alkanes of at least 4 members (excludes halogenated alkanes) is 3. The van der Waals surface area contributed by atoms with Crippen molar-refractivity contribution in [3.05, 3.63) is 0 Å². The van der Waals surface area contributed by atoms with E-state index in [1.54, 1.807) is 7.11 Å². The van der Waals surface area contributed by atoms with Crippen LogP contribution in [0.25, 0.3) is 0 Å². The van der Waals surface area contributed by atoms with Crippen molar-refractivity contribution in [1.29, 1.82) is 0 Å². The highest BCUT2D eigenvalue weighted by Gasteiger charge is 2.25. The number of likely N-dealkylation sites (N-methyl/N-ethyl adjacent to an activating group) is 2. The molecule has 4 aliphatic rings. The molecule has 0 radical (unpaired) electrons. The van der Waals surface area contributed by atoms with E-state index in [0.717, 1.165) is 85.3 Å². The minimum absolute atomic E-state index is 0.519. The summed E-state index contributed by atoms with van der Waals surface area (Å²) in [6.45, 7) is 29.3. The fourth-order valence-electron chi connectivity index (χ4n) is 7.47. The molecule has 0 spiro atoms. The maximum atomic E-state index is 6.20. The standard InChI is InChI=1S/C36H74N8O3/c1-37-14-17-39(18-15-37)10-6-4-5-7-30-46-33-29-43-26-20-40(21-27-43)11-8-12-44-19-16-38(2)36(34-44)35-47-31-9-13-41-22-24-42(25-23-41)28-32-45-3/h36H,4-35H2,1-3H3. The topological polar surface area (TPSA) is 53.6 Å². The van der Waals surface area contributed by atoms with Crippen LogP contribution in [0.3, 0.4) is 0 Å². The molecule has 0 bridgehead atoms. The van der Waals surface area contributed by atoms with Gasteiger partial charge in [-0.05, 0) is 59.4 Å². The molecule has 0 amide bonds. The molecular formula is C36H74N8O3. The fraction of sp³-hybridized carbons (Fsp3) is 1.00. The summed E-state index contributed by atoms with van der Waals surface area (Å²) < 4.78 is 17.4. The molecule has 4 saturated heterocycles. The Morgan fingerprint density at radius 3 is 1.57 bits per heavy atom. The summed E-state index contributed by atoms with van der Waals surface area (Å²) in [6, 6.07) is 0.519. The third-order valence-corrected chi connectivity index (χ3v) is 11.1. The number of methoxy groups -OCH3 is 1. The Kier molecular flexibility index (Phi) is 20.0. The summed E-state index contributed by atoms with van der Waals surface area (Å²) in [5.74, 6) is 0. The zero-order chi connectivity index (χ0) is 32.9. The second kappa shape index (κ2) is 23.9. The van der Waals surface area contributed by atoms with Crippen LogP contribution in [0.5, 0.6) is 0 Å². The van der Waals surface area contributed by atoms with Gasteiger partial charge in [0.2, 0.25) is 0 Å². The van der Waals surface area contributed by atoms with Crippen molar-refractivity contribution in [2.45, 2.75) is 44.6 Å². The number of ether oxygens (including phenoxy) is 3. The molecule has 4 rings (SSSR count). The van der Waals surface area contributed by atoms with Gasteiger partial charge in [-0.3, -0.25) is 14.7 Å². The highest BCUT2D eigenvalue weighted by atomic mass is 16.5. The Hall–Kier alpha value is -0.440. The molecule has 4 fully saturated rings. The molecule has 11 heteroatoms. The van der Waals surface area contributed by atoms with Crippen LogP contribution in [-0.4, -0.2) is 237 Å². The van der Waals surface area contributed by atoms with E-state index in [2.05, 4.69) is 53.3 Å². The van der Waals surface area contributed by atoms with Gasteiger partial charge in [-0.25, -0.2) is 0 Å². The molecule has 0 aromatic heterocycles. The Labute approximate surface area is 289 Å². The van der Waals surface area contributed by atoms with Crippen LogP contribution in [0.2, 0.25) is 0 Å². The number of hydrogen-bond donors (Lipinski definition) is 0. The molecule has 47 heavy (non-hydrogen) atoms. The van der Waals surface area contributed by atoms with Crippen LogP contribution >= 0.6 is 0 Å². The lowest BCUT2D eigenvalue weighted by molar-refractivity contribution is 0.0168. The minimum Gasteiger partial charge on any atom is -0.383 e. The fourth-order valence-corrected chi connectivity index (χ4v) is 7.47. The second-order valence-electron chi connectivity index (χ2n) is 14.7. The van der Waals surface area contributed by atoms with Gasteiger partial charge in [0.15, 0.2) is 0 Å². The summed E-state index contributed by atoms with van der Waals surface area (Å²) in [5.41, 5.74) is 0. The highest BCUT2D eigenvalue weighted by Crippen LogP contribution is 2.11. The summed E-state index contributed by atoms with van der Waals surface area (Å²) in [4.78, 5) is 20.6. The summed E-state index contributed by atoms with van der Waals surface area (Å²) in [6.07, 6.45) is 7.62. The SMILES string of the molecule is COCCN1CCN(CCCOCC2CN(CCCN3CCN(CCOCCCCCCN4CCN(C)CC4)CC3)CCN2C)CC1. The first-order valence-electron chi connectivity index (χ1n) is 19.5. The van der Waals surface area contributed by atoms with Gasteiger partial charge in [0, 0.05) is 144 Å². The van der Waals surface area contributed by atoms with Crippen LogP contribution in [0.15, 0.2) is 0 Å². The Morgan fingerprint density at radius 1 is 0.426 bits per heavy atom. The largest absolute Gasteiger partial charge is 0.383 e. The second-order valence-corrected chi connectivity index (χ2v) is 14.7. The van der Waals surface area contributed by atoms with E-state index >= 15 is 0 Å². The van der Waals surface area contributed by atoms with E-state index in [1.807, 2.05) is 0 Å². The number of nitrogens with zero attached hydrogens (tertiary/aromatic N) is 8. The number of hydrogen-bond acceptors (Lipinski definition) is 11. The first kappa shape index (κ1) is 39.3. The van der Waals surface area contributed by atoms with Crippen molar-refractivity contribution < 1.29 is 14.2 Å². The Morgan fingerprint density at radius 2 is 0.915 bits per heavy atom. The zero-order valence-corrected chi connectivity index (χ0v) is 31.0. The minimum atomic E-state index is 0.519. The van der Waals surface area contributed by atoms with Crippen molar-refractivity contribution in [3.63, 3.8) is 0 Å². The molecule has 4 heterocycles. The average molecular weight is 667 g/mol. The first-order chi connectivity index (χ1) is 23.1. The van der Waals surface area contributed by atoms with Gasteiger partial charge < -0.3 is 38.7 Å². The first-order valence-corrected chi connectivity index (χ1v) is 19.5. The van der Waals surface area contributed by atoms with Crippen molar-refractivity contribution in [2.75, 3.05) is 192 Å². The van der Waals surface area contributed by atoms with Crippen LogP contribution in [0.1, 0.15) is 38.5 Å². The van der Waals surface area contributed by atoms with Crippen LogP contribution < -0.4 is 0 Å². The third-order valence-electron chi connectivity index (χ3n) is 11.1. The lowest BCUT2D eigenvalue weighted by atomic mass is 10.2. The zero-order valence-electron chi connectivity index (χ0n) is 31.0. The van der Waals surface area contributed by atoms with Crippen molar-refractivity contribution in [2.24, 2.45) is 0 Å². The lowest BCUT2D eigenvalue weighted by Crippen LogP contribution is -2.53. The molecule has 0 N–H and O–H groups in total. The van der Waals surface area contributed by atoms with Crippen molar-refractivity contribution >= 4 is 0 Å². The Bertz CT molecular complexity index is 761. The van der Waals surface area contributed by atoms with Gasteiger partial charge >= 0.3 is 0 Å². The predicted octanol–water partition coefficient (Wildman–Crippen LogP) is 1.11. The molecule has 4 aliphatic heterocycles. The molecule has 0 aliphatic carbocycles. The molecule has 1 unspecified atom stereocenters. The van der Waals surface area contributed by atoms with Gasteiger partial charge in [-0.15, -0.1) is 0 Å². The summed E-state index contributed by atoms with van der Waals surface area (Å²) in [7, 11) is 6.30. The monoisotopic (exact) mass is 667 g/mol. The smallest absolute Gasteiger partial charge is 0.0634 e. The Balaban J connectivity index is 0.923. The maximum absolute atomic E-state index is 6.20. The van der Waals surface area contributed by atoms with Crippen LogP contribution in [0, 0.1) is 0 Å². The predicted molar refractivity (Wildman–Crippen MR) is 194 cm³/mol. The highest BCUT2D eigenvalue weighted by molar-refractivity contribution is 4.81. The third kappa shape index (κ3) is 16.4. The molecule has 0 saturated carbocycles. The van der Waals surface area contributed by atoms with E-state index in [0.29, 0.717) is 6.04 Å². The molecule has 0 aromatic carbocycles. The molecule has 11 nitrogen and oxygen atoms in total. The van der Waals surface area contributed by atoms with Crippen molar-refractivity contribution in [1.82, 2.24) is 39.2 Å². The van der Waals surface area contributed by atoms with Gasteiger partial charge in [0.05, 0.1) is 19.8 Å². The summed E-state index contributed by atoms with van der Waals surface area (Å²) in [5, 5.41) is 0. The van der Waals surface area contributed by atoms with E-state index in [4.69, 9.17) is 14.2 Å².